The fourth-order valence-electron chi connectivity index (χ4n) is 0.632. The smallest absolute Gasteiger partial charge is 0.410 e. The quantitative estimate of drug-likeness (QED) is 0.534. The van der Waals surface area contributed by atoms with Crippen LogP contribution in [0.15, 0.2) is 37.1 Å². The van der Waals surface area contributed by atoms with E-state index >= 15 is 0 Å². The molecule has 72 valence electrons. The number of hydrogen-bond donors (Lipinski definition) is 1. The highest BCUT2D eigenvalue weighted by Crippen LogP contribution is 1.99. The molecule has 0 rings (SSSR count). The predicted octanol–water partition coefficient (Wildman–Crippen LogP) is 2.38. The van der Waals surface area contributed by atoms with Gasteiger partial charge < -0.3 is 10.1 Å². The van der Waals surface area contributed by atoms with Crippen LogP contribution in [0.5, 0.6) is 0 Å². The summed E-state index contributed by atoms with van der Waals surface area (Å²) in [6.07, 6.45) is 4.05. The third kappa shape index (κ3) is 5.73. The van der Waals surface area contributed by atoms with Gasteiger partial charge in [0.1, 0.15) is 5.76 Å². The third-order valence-corrected chi connectivity index (χ3v) is 1.10. The van der Waals surface area contributed by atoms with Gasteiger partial charge in [0.15, 0.2) is 0 Å². The molecule has 0 atom stereocenters. The summed E-state index contributed by atoms with van der Waals surface area (Å²) >= 11 is 0. The summed E-state index contributed by atoms with van der Waals surface area (Å²) in [4.78, 5) is 11.0. The zero-order chi connectivity index (χ0) is 10.3. The maximum atomic E-state index is 11.0. The Morgan fingerprint density at radius 3 is 2.46 bits per heavy atom. The van der Waals surface area contributed by atoms with Crippen molar-refractivity contribution >= 4 is 6.09 Å². The maximum Gasteiger partial charge on any atom is 0.412 e. The lowest BCUT2D eigenvalue weighted by Gasteiger charge is -2.08. The summed E-state index contributed by atoms with van der Waals surface area (Å²) in [7, 11) is 0. The Morgan fingerprint density at radius 2 is 2.08 bits per heavy atom. The number of alkyl carbamates (subject to hydrolysis) is 1. The van der Waals surface area contributed by atoms with Gasteiger partial charge >= 0.3 is 6.09 Å². The van der Waals surface area contributed by atoms with Crippen molar-refractivity contribution in [3.63, 3.8) is 0 Å². The average molecular weight is 181 g/mol. The molecule has 0 aliphatic heterocycles. The SMILES string of the molecule is C=C/C=C(\C=C)OC(=O)NC(C)C. The second-order valence-electron chi connectivity index (χ2n) is 2.70. The van der Waals surface area contributed by atoms with Gasteiger partial charge in [0, 0.05) is 6.04 Å². The fraction of sp³-hybridized carbons (Fsp3) is 0.300. The van der Waals surface area contributed by atoms with Crippen LogP contribution in [0.1, 0.15) is 13.8 Å². The highest BCUT2D eigenvalue weighted by atomic mass is 16.6. The Balaban J connectivity index is 4.09. The predicted molar refractivity (Wildman–Crippen MR) is 53.2 cm³/mol. The number of carbonyl (C=O) groups is 1. The van der Waals surface area contributed by atoms with Gasteiger partial charge in [-0.1, -0.05) is 19.2 Å². The number of carbonyl (C=O) groups excluding carboxylic acids is 1. The number of ether oxygens (including phenoxy) is 1. The van der Waals surface area contributed by atoms with E-state index in [-0.39, 0.29) is 6.04 Å². The Morgan fingerprint density at radius 1 is 1.46 bits per heavy atom. The summed E-state index contributed by atoms with van der Waals surface area (Å²) in [5, 5.41) is 2.58. The molecule has 13 heavy (non-hydrogen) atoms. The summed E-state index contributed by atoms with van der Waals surface area (Å²) < 4.78 is 4.87. The third-order valence-electron chi connectivity index (χ3n) is 1.10. The van der Waals surface area contributed by atoms with E-state index in [4.69, 9.17) is 4.74 Å². The number of allylic oxidation sites excluding steroid dienone is 3. The second kappa shape index (κ2) is 6.06. The van der Waals surface area contributed by atoms with E-state index in [0.29, 0.717) is 5.76 Å². The molecule has 0 radical (unpaired) electrons. The first-order valence-corrected chi connectivity index (χ1v) is 4.03. The molecule has 1 N–H and O–H groups in total. The fourth-order valence-corrected chi connectivity index (χ4v) is 0.632. The standard InChI is InChI=1S/C10H15NO2/c1-5-7-9(6-2)13-10(12)11-8(3)4/h5-8H,1-2H2,3-4H3,(H,11,12)/b9-7+. The van der Waals surface area contributed by atoms with E-state index in [1.54, 1.807) is 6.08 Å². The topological polar surface area (TPSA) is 38.3 Å². The van der Waals surface area contributed by atoms with E-state index in [1.165, 1.54) is 12.2 Å². The molecule has 0 aromatic carbocycles. The molecular weight excluding hydrogens is 166 g/mol. The molecule has 0 heterocycles. The van der Waals surface area contributed by atoms with Crippen LogP contribution in [0.4, 0.5) is 4.79 Å². The van der Waals surface area contributed by atoms with E-state index in [1.807, 2.05) is 13.8 Å². The van der Waals surface area contributed by atoms with Crippen LogP contribution in [-0.2, 0) is 4.74 Å². The molecule has 0 aliphatic rings. The van der Waals surface area contributed by atoms with Gasteiger partial charge in [-0.2, -0.15) is 0 Å². The summed E-state index contributed by atoms with van der Waals surface area (Å²) in [6, 6.07) is 0.0577. The van der Waals surface area contributed by atoms with Crippen molar-refractivity contribution in [3.8, 4) is 0 Å². The molecule has 0 saturated heterocycles. The van der Waals surface area contributed by atoms with E-state index in [9.17, 15) is 4.79 Å². The van der Waals surface area contributed by atoms with Crippen molar-refractivity contribution in [2.45, 2.75) is 19.9 Å². The minimum atomic E-state index is -0.483. The van der Waals surface area contributed by atoms with Crippen molar-refractivity contribution in [3.05, 3.63) is 37.1 Å². The van der Waals surface area contributed by atoms with Crippen LogP contribution >= 0.6 is 0 Å². The first-order valence-electron chi connectivity index (χ1n) is 4.03. The molecule has 1 amide bonds. The van der Waals surface area contributed by atoms with E-state index < -0.39 is 6.09 Å². The van der Waals surface area contributed by atoms with Gasteiger partial charge in [0.25, 0.3) is 0 Å². The zero-order valence-electron chi connectivity index (χ0n) is 8.04. The molecule has 3 nitrogen and oxygen atoms in total. The molecule has 0 aromatic heterocycles. The molecule has 0 bridgehead atoms. The Kier molecular flexibility index (Phi) is 5.35. The highest BCUT2D eigenvalue weighted by molar-refractivity contribution is 5.69. The first-order chi connectivity index (χ1) is 6.10. The van der Waals surface area contributed by atoms with Gasteiger partial charge in [0.05, 0.1) is 0 Å². The first kappa shape index (κ1) is 11.5. The largest absolute Gasteiger partial charge is 0.412 e. The van der Waals surface area contributed by atoms with Crippen LogP contribution in [0.25, 0.3) is 0 Å². The van der Waals surface area contributed by atoms with Crippen molar-refractivity contribution in [1.82, 2.24) is 5.32 Å². The van der Waals surface area contributed by atoms with Gasteiger partial charge in [0.2, 0.25) is 0 Å². The molecular formula is C10H15NO2. The molecule has 0 aromatic rings. The van der Waals surface area contributed by atoms with Gasteiger partial charge in [-0.3, -0.25) is 0 Å². The van der Waals surface area contributed by atoms with Crippen LogP contribution in [-0.4, -0.2) is 12.1 Å². The summed E-state index contributed by atoms with van der Waals surface area (Å²) in [5.41, 5.74) is 0. The second-order valence-corrected chi connectivity index (χ2v) is 2.70. The lowest BCUT2D eigenvalue weighted by atomic mass is 10.4. The molecule has 0 aliphatic carbocycles. The lowest BCUT2D eigenvalue weighted by molar-refractivity contribution is 0.176. The average Bonchev–Trinajstić information content (AvgIpc) is 2.02. The molecule has 0 fully saturated rings. The van der Waals surface area contributed by atoms with Crippen molar-refractivity contribution in [2.24, 2.45) is 0 Å². The van der Waals surface area contributed by atoms with Gasteiger partial charge in [-0.15, -0.1) is 0 Å². The van der Waals surface area contributed by atoms with Gasteiger partial charge in [-0.05, 0) is 26.0 Å². The van der Waals surface area contributed by atoms with Crippen LogP contribution in [0, 0.1) is 0 Å². The Labute approximate surface area is 78.8 Å². The van der Waals surface area contributed by atoms with Crippen molar-refractivity contribution in [2.75, 3.05) is 0 Å². The molecule has 0 unspecified atom stereocenters. The maximum absolute atomic E-state index is 11.0. The van der Waals surface area contributed by atoms with Crippen molar-refractivity contribution in [1.29, 1.82) is 0 Å². The Bertz CT molecular complexity index is 229. The zero-order valence-corrected chi connectivity index (χ0v) is 8.04. The number of rotatable bonds is 4. The van der Waals surface area contributed by atoms with Crippen LogP contribution in [0.3, 0.4) is 0 Å². The minimum Gasteiger partial charge on any atom is -0.410 e. The summed E-state index contributed by atoms with van der Waals surface area (Å²) in [6.45, 7) is 10.7. The highest BCUT2D eigenvalue weighted by Gasteiger charge is 2.04. The number of nitrogens with one attached hydrogen (secondary N) is 1. The monoisotopic (exact) mass is 181 g/mol. The molecule has 0 saturated carbocycles. The van der Waals surface area contributed by atoms with Crippen LogP contribution in [0.2, 0.25) is 0 Å². The normalized spacial score (nSPS) is 10.8. The van der Waals surface area contributed by atoms with E-state index in [2.05, 4.69) is 18.5 Å². The molecule has 0 spiro atoms. The van der Waals surface area contributed by atoms with Crippen LogP contribution < -0.4 is 5.32 Å². The molecule has 3 heteroatoms. The Hall–Kier alpha value is -1.51. The minimum absolute atomic E-state index is 0.0577. The number of amides is 1. The van der Waals surface area contributed by atoms with E-state index in [0.717, 1.165) is 0 Å². The van der Waals surface area contributed by atoms with Crippen molar-refractivity contribution < 1.29 is 9.53 Å². The summed E-state index contributed by atoms with van der Waals surface area (Å²) in [5.74, 6) is 0.383. The van der Waals surface area contributed by atoms with Gasteiger partial charge in [-0.25, -0.2) is 4.79 Å². The lowest BCUT2D eigenvalue weighted by Crippen LogP contribution is -2.30. The number of hydrogen-bond acceptors (Lipinski definition) is 2.